The minimum atomic E-state index is 0.389. The maximum absolute atomic E-state index is 5.68. The number of benzene rings is 2. The van der Waals surface area contributed by atoms with E-state index >= 15 is 0 Å². The van der Waals surface area contributed by atoms with Crippen LogP contribution in [0.25, 0.3) is 0 Å². The third-order valence-corrected chi connectivity index (χ3v) is 4.41. The van der Waals surface area contributed by atoms with E-state index < -0.39 is 0 Å². The van der Waals surface area contributed by atoms with Crippen LogP contribution in [0, 0.1) is 6.92 Å². The summed E-state index contributed by atoms with van der Waals surface area (Å²) in [5.74, 6) is 0.487. The fraction of sp³-hybridized carbons (Fsp3) is 0.364. The Morgan fingerprint density at radius 3 is 2.42 bits per heavy atom. The molecule has 2 aromatic carbocycles. The molecule has 0 aromatic heterocycles. The first kappa shape index (κ1) is 19.7. The Labute approximate surface area is 156 Å². The maximum atomic E-state index is 5.68. The second kappa shape index (κ2) is 9.18. The normalized spacial score (nSPS) is 12.4. The van der Waals surface area contributed by atoms with Gasteiger partial charge >= 0.3 is 0 Å². The van der Waals surface area contributed by atoms with Crippen molar-refractivity contribution < 1.29 is 9.68 Å². The molecule has 0 aliphatic rings. The quantitative estimate of drug-likeness (QED) is 0.492. The average molecular weight is 352 g/mol. The number of aryl methyl sites for hydroxylation is 1. The van der Waals surface area contributed by atoms with Crippen LogP contribution in [-0.2, 0) is 16.3 Å². The van der Waals surface area contributed by atoms with Crippen molar-refractivity contribution in [2.45, 2.75) is 47.1 Å². The third kappa shape index (κ3) is 4.94. The van der Waals surface area contributed by atoms with Gasteiger partial charge < -0.3 is 9.68 Å². The fourth-order valence-corrected chi connectivity index (χ4v) is 2.79. The van der Waals surface area contributed by atoms with Gasteiger partial charge in [-0.25, -0.2) is 0 Å². The lowest BCUT2D eigenvalue weighted by Gasteiger charge is -2.12. The van der Waals surface area contributed by atoms with Crippen LogP contribution < -0.4 is 0 Å². The standard InChI is InChI=1S/C22H28N2O2/c1-15(2)19-10-8-11-20(13-19)17(4)24-26-14-22-16(3)9-7-12-21(22)18(5)23-25-6/h7-13,15H,14H2,1-6H3/b23-18-,24-17+. The molecule has 0 bridgehead atoms. The zero-order chi connectivity index (χ0) is 19.1. The number of hydrogen-bond acceptors (Lipinski definition) is 4. The first-order valence-electron chi connectivity index (χ1n) is 8.87. The van der Waals surface area contributed by atoms with Crippen molar-refractivity contribution in [3.63, 3.8) is 0 Å². The van der Waals surface area contributed by atoms with Crippen molar-refractivity contribution >= 4 is 11.4 Å². The monoisotopic (exact) mass is 352 g/mol. The molecule has 0 saturated carbocycles. The Morgan fingerprint density at radius 2 is 1.73 bits per heavy atom. The molecule has 2 rings (SSSR count). The van der Waals surface area contributed by atoms with Gasteiger partial charge in [0.1, 0.15) is 13.7 Å². The predicted molar refractivity (Wildman–Crippen MR) is 108 cm³/mol. The highest BCUT2D eigenvalue weighted by atomic mass is 16.6. The molecule has 0 amide bonds. The molecule has 0 unspecified atom stereocenters. The summed E-state index contributed by atoms with van der Waals surface area (Å²) in [5.41, 5.74) is 7.29. The van der Waals surface area contributed by atoms with E-state index in [1.807, 2.05) is 26.0 Å². The Morgan fingerprint density at radius 1 is 1.00 bits per heavy atom. The lowest BCUT2D eigenvalue weighted by atomic mass is 9.99. The summed E-state index contributed by atoms with van der Waals surface area (Å²) in [6.07, 6.45) is 0. The zero-order valence-corrected chi connectivity index (χ0v) is 16.5. The molecule has 0 aliphatic carbocycles. The lowest BCUT2D eigenvalue weighted by molar-refractivity contribution is 0.130. The van der Waals surface area contributed by atoms with Gasteiger partial charge in [0.25, 0.3) is 0 Å². The van der Waals surface area contributed by atoms with Gasteiger partial charge in [0.05, 0.1) is 11.4 Å². The van der Waals surface area contributed by atoms with Gasteiger partial charge in [-0.1, -0.05) is 60.6 Å². The lowest BCUT2D eigenvalue weighted by Crippen LogP contribution is -2.05. The fourth-order valence-electron chi connectivity index (χ4n) is 2.79. The molecule has 0 fully saturated rings. The highest BCUT2D eigenvalue weighted by Crippen LogP contribution is 2.18. The van der Waals surface area contributed by atoms with Crippen molar-refractivity contribution in [1.82, 2.24) is 0 Å². The van der Waals surface area contributed by atoms with E-state index in [4.69, 9.17) is 9.68 Å². The van der Waals surface area contributed by atoms with Gasteiger partial charge in [0.2, 0.25) is 0 Å². The Bertz CT molecular complexity index is 808. The second-order valence-electron chi connectivity index (χ2n) is 6.69. The molecule has 0 radical (unpaired) electrons. The molecule has 26 heavy (non-hydrogen) atoms. The van der Waals surface area contributed by atoms with Crippen molar-refractivity contribution in [3.8, 4) is 0 Å². The van der Waals surface area contributed by atoms with Gasteiger partial charge in [0.15, 0.2) is 0 Å². The summed E-state index contributed by atoms with van der Waals surface area (Å²) in [6.45, 7) is 10.7. The molecular weight excluding hydrogens is 324 g/mol. The van der Waals surface area contributed by atoms with Crippen LogP contribution >= 0.6 is 0 Å². The Hall–Kier alpha value is -2.62. The van der Waals surface area contributed by atoms with E-state index in [0.29, 0.717) is 12.5 Å². The van der Waals surface area contributed by atoms with E-state index in [-0.39, 0.29) is 0 Å². The molecule has 0 saturated heterocycles. The summed E-state index contributed by atoms with van der Waals surface area (Å²) in [7, 11) is 1.55. The molecule has 0 N–H and O–H groups in total. The highest BCUT2D eigenvalue weighted by Gasteiger charge is 2.10. The number of oxime groups is 2. The molecule has 0 aliphatic heterocycles. The van der Waals surface area contributed by atoms with Crippen molar-refractivity contribution in [2.75, 3.05) is 7.11 Å². The summed E-state index contributed by atoms with van der Waals surface area (Å²) in [4.78, 5) is 10.6. The van der Waals surface area contributed by atoms with Crippen LogP contribution in [0.2, 0.25) is 0 Å². The van der Waals surface area contributed by atoms with Crippen molar-refractivity contribution in [2.24, 2.45) is 10.3 Å². The van der Waals surface area contributed by atoms with Gasteiger partial charge in [0, 0.05) is 11.1 Å². The molecule has 0 spiro atoms. The van der Waals surface area contributed by atoms with Gasteiger partial charge in [-0.05, 0) is 49.4 Å². The molecule has 0 atom stereocenters. The van der Waals surface area contributed by atoms with Gasteiger partial charge in [-0.15, -0.1) is 0 Å². The Balaban J connectivity index is 2.18. The topological polar surface area (TPSA) is 43.2 Å². The summed E-state index contributed by atoms with van der Waals surface area (Å²) in [5, 5.41) is 8.36. The van der Waals surface area contributed by atoms with E-state index in [2.05, 4.69) is 61.4 Å². The minimum Gasteiger partial charge on any atom is -0.399 e. The molecule has 4 heteroatoms. The minimum absolute atomic E-state index is 0.389. The van der Waals surface area contributed by atoms with Gasteiger partial charge in [-0.3, -0.25) is 0 Å². The first-order chi connectivity index (χ1) is 12.4. The van der Waals surface area contributed by atoms with Crippen LogP contribution in [0.1, 0.15) is 61.4 Å². The van der Waals surface area contributed by atoms with E-state index in [0.717, 1.165) is 33.7 Å². The molecule has 0 heterocycles. The molecule has 4 nitrogen and oxygen atoms in total. The smallest absolute Gasteiger partial charge is 0.143 e. The molecule has 138 valence electrons. The van der Waals surface area contributed by atoms with Gasteiger partial charge in [-0.2, -0.15) is 0 Å². The zero-order valence-electron chi connectivity index (χ0n) is 16.5. The summed E-state index contributed by atoms with van der Waals surface area (Å²) < 4.78 is 0. The third-order valence-electron chi connectivity index (χ3n) is 4.41. The number of hydrogen-bond donors (Lipinski definition) is 0. The predicted octanol–water partition coefficient (Wildman–Crippen LogP) is 5.43. The largest absolute Gasteiger partial charge is 0.399 e. The van der Waals surface area contributed by atoms with E-state index in [1.54, 1.807) is 7.11 Å². The molecular formula is C22H28N2O2. The van der Waals surface area contributed by atoms with Crippen LogP contribution in [0.3, 0.4) is 0 Å². The van der Waals surface area contributed by atoms with E-state index in [9.17, 15) is 0 Å². The van der Waals surface area contributed by atoms with Crippen LogP contribution in [0.5, 0.6) is 0 Å². The first-order valence-corrected chi connectivity index (χ1v) is 8.87. The second-order valence-corrected chi connectivity index (χ2v) is 6.69. The average Bonchev–Trinajstić information content (AvgIpc) is 2.63. The summed E-state index contributed by atoms with van der Waals surface area (Å²) in [6, 6.07) is 14.5. The van der Waals surface area contributed by atoms with E-state index in [1.165, 1.54) is 5.56 Å². The number of nitrogens with zero attached hydrogens (tertiary/aromatic N) is 2. The SMILES string of the molecule is CO/N=C(/C)c1cccc(C)c1CO/N=C(\C)c1cccc(C(C)C)c1. The molecule has 2 aromatic rings. The van der Waals surface area contributed by atoms with Crippen molar-refractivity contribution in [3.05, 3.63) is 70.3 Å². The Kier molecular flexibility index (Phi) is 6.96. The van der Waals surface area contributed by atoms with Crippen molar-refractivity contribution in [1.29, 1.82) is 0 Å². The summed E-state index contributed by atoms with van der Waals surface area (Å²) >= 11 is 0. The van der Waals surface area contributed by atoms with Crippen LogP contribution in [-0.4, -0.2) is 18.5 Å². The van der Waals surface area contributed by atoms with Crippen LogP contribution in [0.15, 0.2) is 52.8 Å². The highest BCUT2D eigenvalue weighted by molar-refractivity contribution is 6.00. The maximum Gasteiger partial charge on any atom is 0.143 e. The number of rotatable bonds is 7. The van der Waals surface area contributed by atoms with Crippen LogP contribution in [0.4, 0.5) is 0 Å².